The van der Waals surface area contributed by atoms with Gasteiger partial charge >= 0.3 is 5.97 Å². The van der Waals surface area contributed by atoms with Gasteiger partial charge in [-0.1, -0.05) is 13.8 Å². The van der Waals surface area contributed by atoms with Crippen LogP contribution >= 0.6 is 0 Å². The van der Waals surface area contributed by atoms with Gasteiger partial charge in [-0.15, -0.1) is 0 Å². The number of amides is 1. The average Bonchev–Trinajstić information content (AvgIpc) is 2.09. The van der Waals surface area contributed by atoms with Gasteiger partial charge in [0.15, 0.2) is 0 Å². The Hall–Kier alpha value is -1.39. The number of rotatable bonds is 6. The van der Waals surface area contributed by atoms with Gasteiger partial charge < -0.3 is 15.2 Å². The zero-order chi connectivity index (χ0) is 11.1. The maximum Gasteiger partial charge on any atom is 0.326 e. The van der Waals surface area contributed by atoms with Gasteiger partial charge in [0.1, 0.15) is 12.3 Å². The summed E-state index contributed by atoms with van der Waals surface area (Å²) in [7, 11) is 0. The largest absolute Gasteiger partial charge is 0.480 e. The molecule has 0 radical (unpaired) electrons. The summed E-state index contributed by atoms with van der Waals surface area (Å²) in [6.45, 7) is 3.41. The Bertz CT molecular complexity index is 225. The fourth-order valence-electron chi connectivity index (χ4n) is 0.949. The van der Waals surface area contributed by atoms with Crippen LogP contribution in [0.3, 0.4) is 0 Å². The highest BCUT2D eigenvalue weighted by Gasteiger charge is 2.22. The van der Waals surface area contributed by atoms with Crippen molar-refractivity contribution in [3.05, 3.63) is 0 Å². The monoisotopic (exact) mass is 201 g/mol. The van der Waals surface area contributed by atoms with E-state index in [4.69, 9.17) is 5.11 Å². The van der Waals surface area contributed by atoms with E-state index in [1.165, 1.54) is 0 Å². The highest BCUT2D eigenvalue weighted by atomic mass is 16.4. The van der Waals surface area contributed by atoms with Gasteiger partial charge in [-0.25, -0.2) is 4.79 Å². The Morgan fingerprint density at radius 3 is 2.36 bits per heavy atom. The molecule has 0 aromatic rings. The quantitative estimate of drug-likeness (QED) is 0.601. The number of carboxylic acids is 1. The Labute approximate surface area is 82.5 Å². The molecule has 0 fully saturated rings. The molecule has 0 aliphatic rings. The SMILES string of the molecule is CC(C)[C@H](NC(=O)CCC=O)C(=O)O. The molecule has 0 aromatic carbocycles. The van der Waals surface area contributed by atoms with Crippen molar-refractivity contribution in [2.24, 2.45) is 5.92 Å². The zero-order valence-electron chi connectivity index (χ0n) is 8.32. The summed E-state index contributed by atoms with van der Waals surface area (Å²) < 4.78 is 0. The molecule has 0 saturated heterocycles. The van der Waals surface area contributed by atoms with Crippen LogP contribution in [0, 0.1) is 5.92 Å². The minimum Gasteiger partial charge on any atom is -0.480 e. The van der Waals surface area contributed by atoms with E-state index in [2.05, 4.69) is 5.32 Å². The Morgan fingerprint density at radius 2 is 2.00 bits per heavy atom. The Morgan fingerprint density at radius 1 is 1.43 bits per heavy atom. The van der Waals surface area contributed by atoms with Crippen LogP contribution in [0.1, 0.15) is 26.7 Å². The fourth-order valence-corrected chi connectivity index (χ4v) is 0.949. The first-order valence-corrected chi connectivity index (χ1v) is 4.44. The van der Waals surface area contributed by atoms with Crippen molar-refractivity contribution in [3.8, 4) is 0 Å². The smallest absolute Gasteiger partial charge is 0.326 e. The van der Waals surface area contributed by atoms with E-state index in [1.807, 2.05) is 0 Å². The minimum atomic E-state index is -1.06. The topological polar surface area (TPSA) is 83.5 Å². The molecule has 80 valence electrons. The summed E-state index contributed by atoms with van der Waals surface area (Å²) in [6, 6.07) is -0.880. The predicted molar refractivity (Wildman–Crippen MR) is 49.7 cm³/mol. The lowest BCUT2D eigenvalue weighted by molar-refractivity contribution is -0.143. The number of hydrogen-bond acceptors (Lipinski definition) is 3. The van der Waals surface area contributed by atoms with Crippen molar-refractivity contribution >= 4 is 18.2 Å². The average molecular weight is 201 g/mol. The van der Waals surface area contributed by atoms with E-state index in [1.54, 1.807) is 13.8 Å². The molecule has 0 aliphatic heterocycles. The van der Waals surface area contributed by atoms with Crippen LogP contribution in [0.4, 0.5) is 0 Å². The molecule has 0 aliphatic carbocycles. The maximum atomic E-state index is 11.1. The molecule has 0 heterocycles. The van der Waals surface area contributed by atoms with Crippen molar-refractivity contribution in [2.45, 2.75) is 32.7 Å². The third-order valence-corrected chi connectivity index (χ3v) is 1.74. The molecule has 0 bridgehead atoms. The second-order valence-electron chi connectivity index (χ2n) is 3.33. The summed E-state index contributed by atoms with van der Waals surface area (Å²) in [4.78, 5) is 31.7. The van der Waals surface area contributed by atoms with Crippen LogP contribution in [0.15, 0.2) is 0 Å². The van der Waals surface area contributed by atoms with Crippen LogP contribution < -0.4 is 5.32 Å². The van der Waals surface area contributed by atoms with E-state index < -0.39 is 17.9 Å². The summed E-state index contributed by atoms with van der Waals surface area (Å²) in [5, 5.41) is 11.1. The van der Waals surface area contributed by atoms with Crippen LogP contribution in [-0.4, -0.2) is 29.3 Å². The minimum absolute atomic E-state index is 0.0417. The van der Waals surface area contributed by atoms with Crippen LogP contribution in [0.2, 0.25) is 0 Å². The Kier molecular flexibility index (Phi) is 5.52. The van der Waals surface area contributed by atoms with E-state index in [0.717, 1.165) is 0 Å². The number of carboxylic acid groups (broad SMARTS) is 1. The van der Waals surface area contributed by atoms with E-state index >= 15 is 0 Å². The molecule has 5 heteroatoms. The van der Waals surface area contributed by atoms with Crippen LogP contribution in [0.5, 0.6) is 0 Å². The van der Waals surface area contributed by atoms with Crippen LogP contribution in [0.25, 0.3) is 0 Å². The molecule has 5 nitrogen and oxygen atoms in total. The number of hydrogen-bond donors (Lipinski definition) is 2. The molecular weight excluding hydrogens is 186 g/mol. The van der Waals surface area contributed by atoms with E-state index in [-0.39, 0.29) is 18.8 Å². The van der Waals surface area contributed by atoms with Crippen molar-refractivity contribution in [3.63, 3.8) is 0 Å². The third kappa shape index (κ3) is 4.59. The highest BCUT2D eigenvalue weighted by molar-refractivity contribution is 5.84. The van der Waals surface area contributed by atoms with E-state index in [9.17, 15) is 14.4 Å². The summed E-state index contributed by atoms with van der Waals surface area (Å²) in [6.07, 6.45) is 0.793. The van der Waals surface area contributed by atoms with Gasteiger partial charge in [-0.3, -0.25) is 4.79 Å². The van der Waals surface area contributed by atoms with Crippen molar-refractivity contribution < 1.29 is 19.5 Å². The third-order valence-electron chi connectivity index (χ3n) is 1.74. The fraction of sp³-hybridized carbons (Fsp3) is 0.667. The van der Waals surface area contributed by atoms with Gasteiger partial charge in [-0.2, -0.15) is 0 Å². The van der Waals surface area contributed by atoms with Gasteiger partial charge in [-0.05, 0) is 5.92 Å². The van der Waals surface area contributed by atoms with Gasteiger partial charge in [0.25, 0.3) is 0 Å². The molecule has 0 unspecified atom stereocenters. The second kappa shape index (κ2) is 6.12. The lowest BCUT2D eigenvalue weighted by atomic mass is 10.0. The van der Waals surface area contributed by atoms with Gasteiger partial charge in [0.05, 0.1) is 0 Å². The molecule has 1 amide bonds. The second-order valence-corrected chi connectivity index (χ2v) is 3.33. The highest BCUT2D eigenvalue weighted by Crippen LogP contribution is 2.02. The first kappa shape index (κ1) is 12.6. The molecule has 0 saturated carbocycles. The van der Waals surface area contributed by atoms with Crippen molar-refractivity contribution in [2.75, 3.05) is 0 Å². The van der Waals surface area contributed by atoms with Gasteiger partial charge in [0.2, 0.25) is 5.91 Å². The summed E-state index contributed by atoms with van der Waals surface area (Å²) in [5.74, 6) is -1.63. The maximum absolute atomic E-state index is 11.1. The molecule has 2 N–H and O–H groups in total. The molecule has 0 rings (SSSR count). The number of aliphatic carboxylic acids is 1. The molecule has 14 heavy (non-hydrogen) atoms. The first-order chi connectivity index (χ1) is 6.49. The molecule has 1 atom stereocenters. The zero-order valence-corrected chi connectivity index (χ0v) is 8.32. The molecular formula is C9H15NO4. The first-order valence-electron chi connectivity index (χ1n) is 4.44. The van der Waals surface area contributed by atoms with Crippen LogP contribution in [-0.2, 0) is 14.4 Å². The van der Waals surface area contributed by atoms with Crippen molar-refractivity contribution in [1.82, 2.24) is 5.32 Å². The lowest BCUT2D eigenvalue weighted by Gasteiger charge is -2.17. The number of nitrogens with one attached hydrogen (secondary N) is 1. The normalized spacial score (nSPS) is 12.2. The number of carbonyl (C=O) groups excluding carboxylic acids is 2. The number of aldehydes is 1. The summed E-state index contributed by atoms with van der Waals surface area (Å²) in [5.41, 5.74) is 0. The predicted octanol–water partition coefficient (Wildman–Crippen LogP) is 0.191. The lowest BCUT2D eigenvalue weighted by Crippen LogP contribution is -2.44. The standard InChI is InChI=1S/C9H15NO4/c1-6(2)8(9(13)14)10-7(12)4-3-5-11/h5-6,8H,3-4H2,1-2H3,(H,10,12)(H,13,14)/t8-/m0/s1. The van der Waals surface area contributed by atoms with Gasteiger partial charge in [0, 0.05) is 12.8 Å². The molecule has 0 aromatic heterocycles. The number of carbonyl (C=O) groups is 3. The Balaban J connectivity index is 4.09. The van der Waals surface area contributed by atoms with E-state index in [0.29, 0.717) is 6.29 Å². The molecule has 0 spiro atoms. The summed E-state index contributed by atoms with van der Waals surface area (Å²) >= 11 is 0. The van der Waals surface area contributed by atoms with Crippen molar-refractivity contribution in [1.29, 1.82) is 0 Å².